The molecule has 9 aromatic rings. The maximum atomic E-state index is 5.02. The predicted octanol–water partition coefficient (Wildman–Crippen LogP) is 11.6. The van der Waals surface area contributed by atoms with Crippen LogP contribution in [0.2, 0.25) is 0 Å². The van der Waals surface area contributed by atoms with Gasteiger partial charge >= 0.3 is 0 Å². The van der Waals surface area contributed by atoms with Crippen molar-refractivity contribution in [3.8, 4) is 67.5 Å². The lowest BCUT2D eigenvalue weighted by atomic mass is 9.83. The van der Waals surface area contributed by atoms with Gasteiger partial charge in [-0.1, -0.05) is 158 Å². The van der Waals surface area contributed by atoms with Crippen molar-refractivity contribution in [2.75, 3.05) is 0 Å². The van der Waals surface area contributed by atoms with Crippen LogP contribution in [-0.2, 0) is 0 Å². The molecular weight excluding hydrogens is 609 g/mol. The Labute approximate surface area is 290 Å². The van der Waals surface area contributed by atoms with Gasteiger partial charge < -0.3 is 0 Å². The standard InChI is InChI=1S/C46H30N4/c1-4-15-31(16-5-1)41-40-27-13-26-37(43(40)39-25-11-10-24-38(39)42(41)36-23-14-28-47-30-36)34-21-12-22-35(29-34)46-49-44(32-17-6-2-7-18-32)48-45(50-46)33-19-8-3-9-20-33/h1-30H. The second-order valence-electron chi connectivity index (χ2n) is 12.3. The summed E-state index contributed by atoms with van der Waals surface area (Å²) in [4.78, 5) is 19.5. The third kappa shape index (κ3) is 5.29. The largest absolute Gasteiger partial charge is 0.264 e. The quantitative estimate of drug-likeness (QED) is 0.170. The van der Waals surface area contributed by atoms with E-state index in [4.69, 9.17) is 15.0 Å². The van der Waals surface area contributed by atoms with Gasteiger partial charge in [-0.25, -0.2) is 15.0 Å². The molecular formula is C46H30N4. The molecule has 0 aliphatic carbocycles. The Hall–Kier alpha value is -6.78. The lowest BCUT2D eigenvalue weighted by Crippen LogP contribution is -2.00. The fourth-order valence-electron chi connectivity index (χ4n) is 6.96. The summed E-state index contributed by atoms with van der Waals surface area (Å²) in [5.41, 5.74) is 9.70. The van der Waals surface area contributed by atoms with E-state index in [1.807, 2.05) is 79.1 Å². The minimum atomic E-state index is 0.633. The fraction of sp³-hybridized carbons (Fsp3) is 0. The summed E-state index contributed by atoms with van der Waals surface area (Å²) in [6.07, 6.45) is 3.80. The highest BCUT2D eigenvalue weighted by molar-refractivity contribution is 6.25. The molecule has 2 heterocycles. The summed E-state index contributed by atoms with van der Waals surface area (Å²) < 4.78 is 0. The van der Waals surface area contributed by atoms with Crippen LogP contribution in [0.4, 0.5) is 0 Å². The molecule has 0 aliphatic rings. The molecule has 2 aromatic heterocycles. The smallest absolute Gasteiger partial charge is 0.164 e. The highest BCUT2D eigenvalue weighted by Gasteiger charge is 2.20. The van der Waals surface area contributed by atoms with Crippen molar-refractivity contribution in [1.29, 1.82) is 0 Å². The topological polar surface area (TPSA) is 51.6 Å². The van der Waals surface area contributed by atoms with Gasteiger partial charge in [-0.05, 0) is 61.5 Å². The van der Waals surface area contributed by atoms with Crippen LogP contribution in [0.3, 0.4) is 0 Å². The van der Waals surface area contributed by atoms with Crippen LogP contribution >= 0.6 is 0 Å². The molecule has 4 nitrogen and oxygen atoms in total. The third-order valence-electron chi connectivity index (χ3n) is 9.19. The van der Waals surface area contributed by atoms with E-state index in [9.17, 15) is 0 Å². The van der Waals surface area contributed by atoms with Crippen molar-refractivity contribution in [3.63, 3.8) is 0 Å². The summed E-state index contributed by atoms with van der Waals surface area (Å²) in [5.74, 6) is 1.92. The monoisotopic (exact) mass is 638 g/mol. The molecule has 0 fully saturated rings. The Morgan fingerprint density at radius 3 is 1.44 bits per heavy atom. The summed E-state index contributed by atoms with van der Waals surface area (Å²) in [6, 6.07) is 59.0. The van der Waals surface area contributed by atoms with Crippen molar-refractivity contribution < 1.29 is 0 Å². The molecule has 7 aromatic carbocycles. The highest BCUT2D eigenvalue weighted by Crippen LogP contribution is 2.47. The van der Waals surface area contributed by atoms with Gasteiger partial charge in [0.05, 0.1) is 0 Å². The number of hydrogen-bond donors (Lipinski definition) is 0. The molecule has 0 bridgehead atoms. The fourth-order valence-corrected chi connectivity index (χ4v) is 6.96. The average molecular weight is 639 g/mol. The number of rotatable bonds is 6. The van der Waals surface area contributed by atoms with Crippen LogP contribution in [-0.4, -0.2) is 19.9 Å². The average Bonchev–Trinajstić information content (AvgIpc) is 3.21. The molecule has 234 valence electrons. The molecule has 0 radical (unpaired) electrons. The molecule has 0 unspecified atom stereocenters. The number of nitrogens with zero attached hydrogens (tertiary/aromatic N) is 4. The van der Waals surface area contributed by atoms with Gasteiger partial charge in [0.2, 0.25) is 0 Å². The Morgan fingerprint density at radius 2 is 0.800 bits per heavy atom. The molecule has 0 saturated carbocycles. The van der Waals surface area contributed by atoms with Crippen molar-refractivity contribution in [2.24, 2.45) is 0 Å². The van der Waals surface area contributed by atoms with E-state index in [0.29, 0.717) is 17.5 Å². The van der Waals surface area contributed by atoms with E-state index >= 15 is 0 Å². The lowest BCUT2D eigenvalue weighted by molar-refractivity contribution is 1.07. The summed E-state index contributed by atoms with van der Waals surface area (Å²) in [7, 11) is 0. The zero-order chi connectivity index (χ0) is 33.3. The first-order valence-electron chi connectivity index (χ1n) is 16.7. The van der Waals surface area contributed by atoms with Crippen molar-refractivity contribution in [3.05, 3.63) is 182 Å². The van der Waals surface area contributed by atoms with E-state index in [2.05, 4.69) is 108 Å². The molecule has 9 rings (SSSR count). The van der Waals surface area contributed by atoms with Crippen LogP contribution in [0, 0.1) is 0 Å². The second-order valence-corrected chi connectivity index (χ2v) is 12.3. The van der Waals surface area contributed by atoms with Crippen LogP contribution in [0.25, 0.3) is 89.1 Å². The molecule has 50 heavy (non-hydrogen) atoms. The molecule has 0 amide bonds. The summed E-state index contributed by atoms with van der Waals surface area (Å²) >= 11 is 0. The molecule has 0 saturated heterocycles. The van der Waals surface area contributed by atoms with Gasteiger partial charge in [-0.15, -0.1) is 0 Å². The van der Waals surface area contributed by atoms with Crippen LogP contribution in [0.15, 0.2) is 182 Å². The van der Waals surface area contributed by atoms with Gasteiger partial charge in [0, 0.05) is 34.6 Å². The number of benzene rings is 7. The molecule has 0 N–H and O–H groups in total. The zero-order valence-electron chi connectivity index (χ0n) is 27.1. The number of aromatic nitrogens is 4. The number of fused-ring (bicyclic) bond motifs is 3. The van der Waals surface area contributed by atoms with Crippen LogP contribution < -0.4 is 0 Å². The lowest BCUT2D eigenvalue weighted by Gasteiger charge is -2.20. The van der Waals surface area contributed by atoms with E-state index in [0.717, 1.165) is 33.4 Å². The SMILES string of the molecule is c1ccc(-c2nc(-c3ccccc3)nc(-c3cccc(-c4cccc5c(-c6ccccc6)c(-c6cccnc6)c6ccccc6c45)c3)n2)cc1. The first-order valence-corrected chi connectivity index (χ1v) is 16.7. The van der Waals surface area contributed by atoms with E-state index in [1.54, 1.807) is 0 Å². The van der Waals surface area contributed by atoms with Gasteiger partial charge in [-0.3, -0.25) is 4.98 Å². The van der Waals surface area contributed by atoms with Gasteiger partial charge in [0.25, 0.3) is 0 Å². The van der Waals surface area contributed by atoms with Gasteiger partial charge in [0.15, 0.2) is 17.5 Å². The Kier molecular flexibility index (Phi) is 7.45. The maximum Gasteiger partial charge on any atom is 0.164 e. The molecule has 0 spiro atoms. The minimum absolute atomic E-state index is 0.633. The number of hydrogen-bond acceptors (Lipinski definition) is 4. The first-order chi connectivity index (χ1) is 24.8. The summed E-state index contributed by atoms with van der Waals surface area (Å²) in [6.45, 7) is 0. The second kappa shape index (κ2) is 12.7. The molecule has 0 aliphatic heterocycles. The Balaban J connectivity index is 1.29. The van der Waals surface area contributed by atoms with Gasteiger partial charge in [-0.2, -0.15) is 0 Å². The molecule has 4 heteroatoms. The van der Waals surface area contributed by atoms with E-state index in [1.165, 1.54) is 38.2 Å². The Morgan fingerprint density at radius 1 is 0.320 bits per heavy atom. The third-order valence-corrected chi connectivity index (χ3v) is 9.19. The predicted molar refractivity (Wildman–Crippen MR) is 205 cm³/mol. The van der Waals surface area contributed by atoms with Crippen molar-refractivity contribution in [2.45, 2.75) is 0 Å². The van der Waals surface area contributed by atoms with Crippen molar-refractivity contribution in [1.82, 2.24) is 19.9 Å². The maximum absolute atomic E-state index is 5.02. The van der Waals surface area contributed by atoms with E-state index < -0.39 is 0 Å². The number of pyridine rings is 1. The Bertz CT molecular complexity index is 2560. The normalized spacial score (nSPS) is 11.2. The highest BCUT2D eigenvalue weighted by atomic mass is 15.0. The molecule has 0 atom stereocenters. The van der Waals surface area contributed by atoms with Gasteiger partial charge in [0.1, 0.15) is 0 Å². The minimum Gasteiger partial charge on any atom is -0.264 e. The van der Waals surface area contributed by atoms with Crippen LogP contribution in [0.1, 0.15) is 0 Å². The summed E-state index contributed by atoms with van der Waals surface area (Å²) in [5, 5.41) is 4.78. The van der Waals surface area contributed by atoms with Crippen LogP contribution in [0.5, 0.6) is 0 Å². The van der Waals surface area contributed by atoms with Crippen molar-refractivity contribution >= 4 is 21.5 Å². The van der Waals surface area contributed by atoms with E-state index in [-0.39, 0.29) is 0 Å². The zero-order valence-corrected chi connectivity index (χ0v) is 27.1. The first kappa shape index (κ1) is 29.4.